The Bertz CT molecular complexity index is 712. The maximum absolute atomic E-state index is 12.1. The Morgan fingerprint density at radius 2 is 1.69 bits per heavy atom. The average molecular weight is 464 g/mol. The van der Waals surface area contributed by atoms with Gasteiger partial charge in [-0.1, -0.05) is 30.7 Å². The number of halogens is 1. The van der Waals surface area contributed by atoms with Crippen LogP contribution in [0.4, 0.5) is 0 Å². The topological polar surface area (TPSA) is 41.6 Å². The van der Waals surface area contributed by atoms with E-state index in [-0.39, 0.29) is 12.5 Å². The average Bonchev–Trinajstić information content (AvgIpc) is 2.68. The molecule has 1 heterocycles. The molecular weight excluding hydrogens is 439 g/mol. The van der Waals surface area contributed by atoms with Gasteiger partial charge in [-0.2, -0.15) is 0 Å². The summed E-state index contributed by atoms with van der Waals surface area (Å²) in [7, 11) is 0. The lowest BCUT2D eigenvalue weighted by molar-refractivity contribution is -0.123. The first-order chi connectivity index (χ1) is 12.7. The maximum Gasteiger partial charge on any atom is 0.258 e. The van der Waals surface area contributed by atoms with Crippen molar-refractivity contribution in [2.24, 2.45) is 0 Å². The summed E-state index contributed by atoms with van der Waals surface area (Å²) in [5, 5.41) is 2.97. The van der Waals surface area contributed by atoms with E-state index in [1.807, 2.05) is 30.3 Å². The first kappa shape index (κ1) is 19.2. The van der Waals surface area contributed by atoms with Crippen LogP contribution in [0.25, 0.3) is 0 Å². The molecule has 1 amide bonds. The minimum atomic E-state index is -0.101. The van der Waals surface area contributed by atoms with Crippen molar-refractivity contribution in [2.75, 3.05) is 19.7 Å². The van der Waals surface area contributed by atoms with Crippen LogP contribution in [0.2, 0.25) is 0 Å². The summed E-state index contributed by atoms with van der Waals surface area (Å²) in [6.45, 7) is 3.88. The SMILES string of the molecule is O=C(COc1ccc(I)cc1)NCc1ccccc1CN1CCCCC1. The van der Waals surface area contributed by atoms with Crippen molar-refractivity contribution in [1.82, 2.24) is 10.2 Å². The summed E-state index contributed by atoms with van der Waals surface area (Å²) in [4.78, 5) is 14.6. The molecule has 0 aromatic heterocycles. The highest BCUT2D eigenvalue weighted by Crippen LogP contribution is 2.16. The van der Waals surface area contributed by atoms with E-state index < -0.39 is 0 Å². The normalized spacial score (nSPS) is 14.8. The minimum Gasteiger partial charge on any atom is -0.484 e. The van der Waals surface area contributed by atoms with Crippen LogP contribution >= 0.6 is 22.6 Å². The van der Waals surface area contributed by atoms with Crippen LogP contribution in [0.1, 0.15) is 30.4 Å². The van der Waals surface area contributed by atoms with Crippen molar-refractivity contribution in [3.63, 3.8) is 0 Å². The zero-order valence-electron chi connectivity index (χ0n) is 14.9. The second-order valence-electron chi connectivity index (χ2n) is 6.62. The van der Waals surface area contributed by atoms with Crippen molar-refractivity contribution in [3.05, 3.63) is 63.2 Å². The van der Waals surface area contributed by atoms with Gasteiger partial charge in [-0.25, -0.2) is 0 Å². The van der Waals surface area contributed by atoms with Gasteiger partial charge >= 0.3 is 0 Å². The molecule has 0 spiro atoms. The molecule has 1 fully saturated rings. The summed E-state index contributed by atoms with van der Waals surface area (Å²) in [5.74, 6) is 0.613. The first-order valence-corrected chi connectivity index (χ1v) is 10.2. The van der Waals surface area contributed by atoms with E-state index in [0.29, 0.717) is 12.3 Å². The molecule has 3 rings (SSSR count). The molecule has 138 valence electrons. The van der Waals surface area contributed by atoms with E-state index in [2.05, 4.69) is 51.0 Å². The predicted octanol–water partition coefficient (Wildman–Crippen LogP) is 3.97. The number of amides is 1. The van der Waals surface area contributed by atoms with E-state index in [9.17, 15) is 4.79 Å². The van der Waals surface area contributed by atoms with Crippen molar-refractivity contribution in [1.29, 1.82) is 0 Å². The molecule has 0 radical (unpaired) electrons. The fraction of sp³-hybridized carbons (Fsp3) is 0.381. The zero-order valence-corrected chi connectivity index (χ0v) is 17.1. The van der Waals surface area contributed by atoms with E-state index in [0.717, 1.165) is 10.1 Å². The number of piperidine rings is 1. The highest BCUT2D eigenvalue weighted by molar-refractivity contribution is 14.1. The molecule has 0 aliphatic carbocycles. The molecule has 1 aliphatic heterocycles. The van der Waals surface area contributed by atoms with E-state index in [4.69, 9.17) is 4.74 Å². The second kappa shape index (κ2) is 9.92. The van der Waals surface area contributed by atoms with E-state index in [1.165, 1.54) is 43.5 Å². The first-order valence-electron chi connectivity index (χ1n) is 9.15. The molecule has 2 aromatic rings. The van der Waals surface area contributed by atoms with Crippen LogP contribution in [-0.2, 0) is 17.9 Å². The number of benzene rings is 2. The molecule has 26 heavy (non-hydrogen) atoms. The van der Waals surface area contributed by atoms with Crippen LogP contribution < -0.4 is 10.1 Å². The van der Waals surface area contributed by atoms with Gasteiger partial charge in [0.05, 0.1) is 0 Å². The highest BCUT2D eigenvalue weighted by Gasteiger charge is 2.13. The summed E-state index contributed by atoms with van der Waals surface area (Å²) in [6, 6.07) is 16.0. The van der Waals surface area contributed by atoms with Gasteiger partial charge in [0.25, 0.3) is 5.91 Å². The molecule has 1 aliphatic rings. The lowest BCUT2D eigenvalue weighted by Gasteiger charge is -2.27. The van der Waals surface area contributed by atoms with Gasteiger partial charge in [-0.15, -0.1) is 0 Å². The van der Waals surface area contributed by atoms with Crippen LogP contribution in [0.3, 0.4) is 0 Å². The van der Waals surface area contributed by atoms with Crippen molar-refractivity contribution < 1.29 is 9.53 Å². The number of rotatable bonds is 7. The standard InChI is InChI=1S/C21H25IN2O2/c22-19-8-10-20(11-9-19)26-16-21(25)23-14-17-6-2-3-7-18(17)15-24-12-4-1-5-13-24/h2-3,6-11H,1,4-5,12-16H2,(H,23,25). The largest absolute Gasteiger partial charge is 0.484 e. The molecule has 1 N–H and O–H groups in total. The van der Waals surface area contributed by atoms with Crippen LogP contribution in [-0.4, -0.2) is 30.5 Å². The van der Waals surface area contributed by atoms with Crippen LogP contribution in [0.5, 0.6) is 5.75 Å². The van der Waals surface area contributed by atoms with Gasteiger partial charge in [0.1, 0.15) is 5.75 Å². The predicted molar refractivity (Wildman–Crippen MR) is 112 cm³/mol. The Morgan fingerprint density at radius 3 is 2.42 bits per heavy atom. The maximum atomic E-state index is 12.1. The molecular formula is C21H25IN2O2. The van der Waals surface area contributed by atoms with Gasteiger partial charge in [0.15, 0.2) is 6.61 Å². The number of hydrogen-bond donors (Lipinski definition) is 1. The fourth-order valence-corrected chi connectivity index (χ4v) is 3.53. The number of likely N-dealkylation sites (tertiary alicyclic amines) is 1. The Balaban J connectivity index is 1.49. The summed E-state index contributed by atoms with van der Waals surface area (Å²) >= 11 is 2.24. The molecule has 0 bridgehead atoms. The quantitative estimate of drug-likeness (QED) is 0.631. The van der Waals surface area contributed by atoms with Gasteiger partial charge < -0.3 is 10.1 Å². The van der Waals surface area contributed by atoms with Crippen molar-refractivity contribution >= 4 is 28.5 Å². The Labute approximate surface area is 169 Å². The van der Waals surface area contributed by atoms with Crippen LogP contribution in [0.15, 0.2) is 48.5 Å². The van der Waals surface area contributed by atoms with Crippen molar-refractivity contribution in [3.8, 4) is 5.75 Å². The highest BCUT2D eigenvalue weighted by atomic mass is 127. The third-order valence-corrected chi connectivity index (χ3v) is 5.34. The fourth-order valence-electron chi connectivity index (χ4n) is 3.17. The minimum absolute atomic E-state index is 0.0366. The Hall–Kier alpha value is -1.60. The number of nitrogens with one attached hydrogen (secondary N) is 1. The van der Waals surface area contributed by atoms with Crippen LogP contribution in [0, 0.1) is 3.57 Å². The number of nitrogens with zero attached hydrogens (tertiary/aromatic N) is 1. The lowest BCUT2D eigenvalue weighted by atomic mass is 10.0. The van der Waals surface area contributed by atoms with Gasteiger partial charge in [-0.05, 0) is 83.9 Å². The summed E-state index contributed by atoms with van der Waals surface area (Å²) < 4.78 is 6.68. The molecule has 2 aromatic carbocycles. The number of ether oxygens (including phenoxy) is 1. The van der Waals surface area contributed by atoms with Gasteiger partial charge in [0.2, 0.25) is 0 Å². The number of carbonyl (C=O) groups is 1. The Kier molecular flexibility index (Phi) is 7.32. The molecule has 1 saturated heterocycles. The summed E-state index contributed by atoms with van der Waals surface area (Å²) in [6.07, 6.45) is 3.92. The third kappa shape index (κ3) is 5.99. The molecule has 0 unspecified atom stereocenters. The van der Waals surface area contributed by atoms with E-state index in [1.54, 1.807) is 0 Å². The molecule has 5 heteroatoms. The third-order valence-electron chi connectivity index (χ3n) is 4.62. The molecule has 0 atom stereocenters. The molecule has 0 saturated carbocycles. The van der Waals surface area contributed by atoms with Gasteiger partial charge in [-0.3, -0.25) is 9.69 Å². The Morgan fingerprint density at radius 1 is 1.00 bits per heavy atom. The summed E-state index contributed by atoms with van der Waals surface area (Å²) in [5.41, 5.74) is 2.48. The second-order valence-corrected chi connectivity index (χ2v) is 7.87. The van der Waals surface area contributed by atoms with Gasteiger partial charge in [0, 0.05) is 16.7 Å². The monoisotopic (exact) mass is 464 g/mol. The number of hydrogen-bond acceptors (Lipinski definition) is 3. The lowest BCUT2D eigenvalue weighted by Crippen LogP contribution is -2.31. The smallest absolute Gasteiger partial charge is 0.258 e. The zero-order chi connectivity index (χ0) is 18.2. The molecule has 4 nitrogen and oxygen atoms in total. The van der Waals surface area contributed by atoms with Crippen molar-refractivity contribution in [2.45, 2.75) is 32.4 Å². The van der Waals surface area contributed by atoms with E-state index >= 15 is 0 Å². The number of carbonyl (C=O) groups excluding carboxylic acids is 1.